The van der Waals surface area contributed by atoms with Crippen LogP contribution in [0.2, 0.25) is 0 Å². The number of oxime groups is 1. The van der Waals surface area contributed by atoms with Gasteiger partial charge in [-0.25, -0.2) is 0 Å². The van der Waals surface area contributed by atoms with Crippen LogP contribution >= 0.6 is 0 Å². The quantitative estimate of drug-likeness (QED) is 0.552. The van der Waals surface area contributed by atoms with E-state index in [1.807, 2.05) is 36.6 Å². The average Bonchev–Trinajstić information content (AvgIpc) is 2.88. The third-order valence-electron chi connectivity index (χ3n) is 3.24. The molecule has 0 atom stereocenters. The van der Waals surface area contributed by atoms with Crippen molar-refractivity contribution in [2.45, 2.75) is 32.3 Å². The molecule has 0 bridgehead atoms. The molecule has 0 aromatic heterocycles. The molecule has 1 saturated carbocycles. The lowest BCUT2D eigenvalue weighted by Gasteiger charge is -2.04. The Kier molecular flexibility index (Phi) is 4.37. The van der Waals surface area contributed by atoms with E-state index in [0.29, 0.717) is 12.5 Å². The van der Waals surface area contributed by atoms with Crippen LogP contribution in [-0.4, -0.2) is 6.21 Å². The molecule has 17 heavy (non-hydrogen) atoms. The molecule has 1 aromatic rings. The molecule has 0 saturated heterocycles. The van der Waals surface area contributed by atoms with E-state index in [1.54, 1.807) is 0 Å². The second-order valence-corrected chi connectivity index (χ2v) is 4.48. The minimum Gasteiger partial charge on any atom is -0.391 e. The molecule has 1 aliphatic rings. The van der Waals surface area contributed by atoms with Gasteiger partial charge in [-0.1, -0.05) is 54.9 Å². The fourth-order valence-corrected chi connectivity index (χ4v) is 2.21. The molecule has 0 unspecified atom stereocenters. The van der Waals surface area contributed by atoms with Gasteiger partial charge in [0.1, 0.15) is 6.61 Å². The van der Waals surface area contributed by atoms with Gasteiger partial charge in [-0.15, -0.1) is 0 Å². The Balaban J connectivity index is 1.82. The standard InChI is InChI=1S/C15H19NO/c1-2-14-9-5-6-10-15(14)12-17-16-11-13-7-3-4-8-13/h2,5-6,9-11,13H,1,3-4,7-8,12H2. The Hall–Kier alpha value is -1.57. The van der Waals surface area contributed by atoms with E-state index in [-0.39, 0.29) is 0 Å². The fraction of sp³-hybridized carbons (Fsp3) is 0.400. The number of hydrogen-bond donors (Lipinski definition) is 0. The van der Waals surface area contributed by atoms with Crippen molar-refractivity contribution in [3.05, 3.63) is 42.0 Å². The van der Waals surface area contributed by atoms with Crippen LogP contribution in [0.25, 0.3) is 6.08 Å². The molecule has 2 rings (SSSR count). The Labute approximate surface area is 103 Å². The van der Waals surface area contributed by atoms with Crippen molar-refractivity contribution in [2.24, 2.45) is 11.1 Å². The minimum absolute atomic E-state index is 0.519. The zero-order valence-electron chi connectivity index (χ0n) is 10.1. The van der Waals surface area contributed by atoms with Crippen LogP contribution in [0.1, 0.15) is 36.8 Å². The molecule has 1 aliphatic carbocycles. The highest BCUT2D eigenvalue weighted by atomic mass is 16.6. The van der Waals surface area contributed by atoms with E-state index in [1.165, 1.54) is 25.7 Å². The third-order valence-corrected chi connectivity index (χ3v) is 3.24. The molecule has 0 N–H and O–H groups in total. The number of nitrogens with zero attached hydrogens (tertiary/aromatic N) is 1. The predicted molar refractivity (Wildman–Crippen MR) is 71.8 cm³/mol. The van der Waals surface area contributed by atoms with Crippen molar-refractivity contribution in [1.29, 1.82) is 0 Å². The largest absolute Gasteiger partial charge is 0.391 e. The van der Waals surface area contributed by atoms with Gasteiger partial charge in [0.25, 0.3) is 0 Å². The first kappa shape index (κ1) is 11.9. The summed E-state index contributed by atoms with van der Waals surface area (Å²) in [5.74, 6) is 0.629. The topological polar surface area (TPSA) is 21.6 Å². The number of hydrogen-bond acceptors (Lipinski definition) is 2. The summed E-state index contributed by atoms with van der Waals surface area (Å²) in [4.78, 5) is 5.35. The smallest absolute Gasteiger partial charge is 0.142 e. The van der Waals surface area contributed by atoms with Crippen LogP contribution in [0.5, 0.6) is 0 Å². The first-order chi connectivity index (χ1) is 8.40. The van der Waals surface area contributed by atoms with E-state index >= 15 is 0 Å². The maximum atomic E-state index is 5.35. The van der Waals surface area contributed by atoms with E-state index in [4.69, 9.17) is 4.84 Å². The molecular weight excluding hydrogens is 210 g/mol. The maximum Gasteiger partial charge on any atom is 0.142 e. The molecule has 0 aliphatic heterocycles. The summed E-state index contributed by atoms with van der Waals surface area (Å²) in [6, 6.07) is 8.09. The number of rotatable bonds is 5. The Morgan fingerprint density at radius 2 is 2.06 bits per heavy atom. The first-order valence-corrected chi connectivity index (χ1v) is 6.26. The minimum atomic E-state index is 0.519. The SMILES string of the molecule is C=Cc1ccccc1CON=CC1CCCC1. The van der Waals surface area contributed by atoms with Crippen LogP contribution < -0.4 is 0 Å². The van der Waals surface area contributed by atoms with Gasteiger partial charge in [0.05, 0.1) is 0 Å². The van der Waals surface area contributed by atoms with Gasteiger partial charge in [-0.2, -0.15) is 0 Å². The molecule has 0 spiro atoms. The number of benzene rings is 1. The van der Waals surface area contributed by atoms with Crippen molar-refractivity contribution >= 4 is 12.3 Å². The summed E-state index contributed by atoms with van der Waals surface area (Å²) in [7, 11) is 0. The summed E-state index contributed by atoms with van der Waals surface area (Å²) >= 11 is 0. The maximum absolute atomic E-state index is 5.35. The highest BCUT2D eigenvalue weighted by Gasteiger charge is 2.12. The second-order valence-electron chi connectivity index (χ2n) is 4.48. The first-order valence-electron chi connectivity index (χ1n) is 6.26. The lowest BCUT2D eigenvalue weighted by Crippen LogP contribution is -1.96. The van der Waals surface area contributed by atoms with Gasteiger partial charge >= 0.3 is 0 Å². The summed E-state index contributed by atoms with van der Waals surface area (Å²) < 4.78 is 0. The summed E-state index contributed by atoms with van der Waals surface area (Å²) in [5.41, 5.74) is 2.25. The van der Waals surface area contributed by atoms with E-state index in [2.05, 4.69) is 11.7 Å². The van der Waals surface area contributed by atoms with Crippen LogP contribution in [0.3, 0.4) is 0 Å². The Bertz CT molecular complexity index is 392. The van der Waals surface area contributed by atoms with E-state index in [9.17, 15) is 0 Å². The fourth-order valence-electron chi connectivity index (χ4n) is 2.21. The van der Waals surface area contributed by atoms with Crippen molar-refractivity contribution in [2.75, 3.05) is 0 Å². The third kappa shape index (κ3) is 3.45. The Morgan fingerprint density at radius 3 is 2.82 bits per heavy atom. The van der Waals surface area contributed by atoms with E-state index in [0.717, 1.165) is 11.1 Å². The highest BCUT2D eigenvalue weighted by molar-refractivity contribution is 5.60. The molecule has 90 valence electrons. The van der Waals surface area contributed by atoms with Gasteiger partial charge in [0, 0.05) is 6.21 Å². The van der Waals surface area contributed by atoms with Crippen LogP contribution in [0.4, 0.5) is 0 Å². The molecule has 0 amide bonds. The summed E-state index contributed by atoms with van der Waals surface area (Å²) in [6.45, 7) is 4.31. The molecule has 2 nitrogen and oxygen atoms in total. The Morgan fingerprint density at radius 1 is 1.29 bits per heavy atom. The molecule has 1 fully saturated rings. The van der Waals surface area contributed by atoms with Crippen LogP contribution in [0, 0.1) is 5.92 Å². The highest BCUT2D eigenvalue weighted by Crippen LogP contribution is 2.22. The van der Waals surface area contributed by atoms with E-state index < -0.39 is 0 Å². The summed E-state index contributed by atoms with van der Waals surface area (Å²) in [6.07, 6.45) is 8.99. The molecule has 2 heteroatoms. The van der Waals surface area contributed by atoms with Gasteiger partial charge in [-0.05, 0) is 29.9 Å². The van der Waals surface area contributed by atoms with Gasteiger partial charge in [-0.3, -0.25) is 0 Å². The normalized spacial score (nSPS) is 16.5. The zero-order chi connectivity index (χ0) is 11.9. The lowest BCUT2D eigenvalue weighted by molar-refractivity contribution is 0.130. The average molecular weight is 229 g/mol. The summed E-state index contributed by atoms with van der Waals surface area (Å²) in [5, 5.41) is 4.06. The van der Waals surface area contributed by atoms with Crippen molar-refractivity contribution in [1.82, 2.24) is 0 Å². The van der Waals surface area contributed by atoms with Crippen LogP contribution in [0.15, 0.2) is 36.0 Å². The zero-order valence-corrected chi connectivity index (χ0v) is 10.1. The van der Waals surface area contributed by atoms with Crippen molar-refractivity contribution < 1.29 is 4.84 Å². The van der Waals surface area contributed by atoms with Gasteiger partial charge < -0.3 is 4.84 Å². The van der Waals surface area contributed by atoms with Crippen molar-refractivity contribution in [3.8, 4) is 0 Å². The molecular formula is C15H19NO. The predicted octanol–water partition coefficient (Wildman–Crippen LogP) is 4.02. The molecule has 0 heterocycles. The van der Waals surface area contributed by atoms with Gasteiger partial charge in [0.2, 0.25) is 0 Å². The molecule has 0 radical (unpaired) electrons. The van der Waals surface area contributed by atoms with Gasteiger partial charge in [0.15, 0.2) is 0 Å². The van der Waals surface area contributed by atoms with Crippen LogP contribution in [-0.2, 0) is 11.4 Å². The second kappa shape index (κ2) is 6.24. The monoisotopic (exact) mass is 229 g/mol. The van der Waals surface area contributed by atoms with Crippen molar-refractivity contribution in [3.63, 3.8) is 0 Å². The molecule has 1 aromatic carbocycles. The lowest BCUT2D eigenvalue weighted by atomic mass is 10.1.